The van der Waals surface area contributed by atoms with E-state index in [1.165, 1.54) is 30.6 Å². The zero-order valence-corrected chi connectivity index (χ0v) is 11.4. The Labute approximate surface area is 106 Å². The van der Waals surface area contributed by atoms with Crippen molar-refractivity contribution in [3.05, 3.63) is 35.4 Å². The number of likely N-dealkylation sites (tertiary alicyclic amines) is 1. The number of aryl methyl sites for hydroxylation is 1. The van der Waals surface area contributed by atoms with Crippen LogP contribution in [0.5, 0.6) is 0 Å². The van der Waals surface area contributed by atoms with Gasteiger partial charge in [0.2, 0.25) is 0 Å². The Morgan fingerprint density at radius 2 is 1.94 bits per heavy atom. The van der Waals surface area contributed by atoms with Crippen molar-refractivity contribution in [1.82, 2.24) is 4.90 Å². The molecule has 1 heterocycles. The summed E-state index contributed by atoms with van der Waals surface area (Å²) in [4.78, 5) is 2.61. The molecule has 1 aromatic rings. The van der Waals surface area contributed by atoms with E-state index in [0.29, 0.717) is 0 Å². The number of hydrogen-bond acceptors (Lipinski definition) is 1. The third-order valence-corrected chi connectivity index (χ3v) is 4.22. The average Bonchev–Trinajstić information content (AvgIpc) is 2.34. The summed E-state index contributed by atoms with van der Waals surface area (Å²) in [6, 6.07) is 9.05. The first-order valence-electron chi connectivity index (χ1n) is 6.99. The molecule has 1 nitrogen and oxygen atoms in total. The maximum absolute atomic E-state index is 2.61. The second-order valence-electron chi connectivity index (χ2n) is 5.65. The number of hydrogen-bond donors (Lipinski definition) is 0. The smallest absolute Gasteiger partial charge is 0.0233 e. The highest BCUT2D eigenvalue weighted by atomic mass is 15.1. The molecule has 1 saturated heterocycles. The van der Waals surface area contributed by atoms with Crippen molar-refractivity contribution in [2.75, 3.05) is 13.1 Å². The van der Waals surface area contributed by atoms with Crippen LogP contribution >= 0.6 is 0 Å². The van der Waals surface area contributed by atoms with Gasteiger partial charge in [0.25, 0.3) is 0 Å². The molecule has 17 heavy (non-hydrogen) atoms. The second-order valence-corrected chi connectivity index (χ2v) is 5.65. The number of benzene rings is 1. The molecule has 0 amide bonds. The van der Waals surface area contributed by atoms with E-state index in [2.05, 4.69) is 49.9 Å². The lowest BCUT2D eigenvalue weighted by atomic mass is 9.88. The fourth-order valence-corrected chi connectivity index (χ4v) is 2.70. The minimum atomic E-state index is 0.845. The molecule has 1 fully saturated rings. The van der Waals surface area contributed by atoms with Gasteiger partial charge in [0.1, 0.15) is 0 Å². The predicted molar refractivity (Wildman–Crippen MR) is 74.0 cm³/mol. The molecule has 0 N–H and O–H groups in total. The molecule has 1 aliphatic heterocycles. The zero-order chi connectivity index (χ0) is 12.3. The van der Waals surface area contributed by atoms with E-state index >= 15 is 0 Å². The first-order valence-corrected chi connectivity index (χ1v) is 6.99. The van der Waals surface area contributed by atoms with Crippen LogP contribution in [-0.4, -0.2) is 18.0 Å². The van der Waals surface area contributed by atoms with E-state index in [0.717, 1.165) is 24.8 Å². The largest absolute Gasteiger partial charge is 0.299 e. The minimum absolute atomic E-state index is 0.845. The summed E-state index contributed by atoms with van der Waals surface area (Å²) in [5, 5.41) is 0. The van der Waals surface area contributed by atoms with Gasteiger partial charge in [-0.05, 0) is 42.3 Å². The van der Waals surface area contributed by atoms with Crippen LogP contribution in [0.4, 0.5) is 0 Å². The monoisotopic (exact) mass is 231 g/mol. The molecule has 1 aromatic carbocycles. The Kier molecular flexibility index (Phi) is 4.22. The van der Waals surface area contributed by atoms with Crippen LogP contribution in [-0.2, 0) is 13.0 Å². The van der Waals surface area contributed by atoms with Crippen LogP contribution in [0.2, 0.25) is 0 Å². The Hall–Kier alpha value is -0.820. The van der Waals surface area contributed by atoms with Crippen molar-refractivity contribution in [2.24, 2.45) is 11.8 Å². The van der Waals surface area contributed by atoms with Gasteiger partial charge >= 0.3 is 0 Å². The Bertz CT molecular complexity index is 358. The van der Waals surface area contributed by atoms with Crippen molar-refractivity contribution in [1.29, 1.82) is 0 Å². The van der Waals surface area contributed by atoms with E-state index in [1.807, 2.05) is 0 Å². The van der Waals surface area contributed by atoms with Gasteiger partial charge in [-0.3, -0.25) is 4.90 Å². The van der Waals surface area contributed by atoms with Crippen LogP contribution in [0.3, 0.4) is 0 Å². The third-order valence-electron chi connectivity index (χ3n) is 4.22. The van der Waals surface area contributed by atoms with E-state index < -0.39 is 0 Å². The van der Waals surface area contributed by atoms with Gasteiger partial charge in [-0.15, -0.1) is 0 Å². The van der Waals surface area contributed by atoms with Gasteiger partial charge in [0.05, 0.1) is 0 Å². The van der Waals surface area contributed by atoms with Crippen LogP contribution in [0.1, 0.15) is 38.3 Å². The quantitative estimate of drug-likeness (QED) is 0.766. The van der Waals surface area contributed by atoms with Gasteiger partial charge in [-0.25, -0.2) is 0 Å². The third kappa shape index (κ3) is 3.32. The molecule has 2 rings (SSSR count). The number of piperidine rings is 1. The van der Waals surface area contributed by atoms with E-state index in [-0.39, 0.29) is 0 Å². The highest BCUT2D eigenvalue weighted by Gasteiger charge is 2.22. The molecule has 2 unspecified atom stereocenters. The molecule has 0 spiro atoms. The lowest BCUT2D eigenvalue weighted by Crippen LogP contribution is -2.37. The number of nitrogens with zero attached hydrogens (tertiary/aromatic N) is 1. The van der Waals surface area contributed by atoms with Crippen molar-refractivity contribution in [3.8, 4) is 0 Å². The van der Waals surface area contributed by atoms with Gasteiger partial charge < -0.3 is 0 Å². The zero-order valence-electron chi connectivity index (χ0n) is 11.4. The Morgan fingerprint density at radius 1 is 1.18 bits per heavy atom. The van der Waals surface area contributed by atoms with Crippen molar-refractivity contribution < 1.29 is 0 Å². The SMILES string of the molecule is CCc1cccc(CN2CCC(C)C(C)C2)c1. The first-order chi connectivity index (χ1) is 8.19. The van der Waals surface area contributed by atoms with E-state index in [9.17, 15) is 0 Å². The number of rotatable bonds is 3. The summed E-state index contributed by atoms with van der Waals surface area (Å²) in [7, 11) is 0. The first kappa shape index (κ1) is 12.6. The predicted octanol–water partition coefficient (Wildman–Crippen LogP) is 3.73. The molecular formula is C16H25N. The van der Waals surface area contributed by atoms with Crippen molar-refractivity contribution in [2.45, 2.75) is 40.2 Å². The summed E-state index contributed by atoms with van der Waals surface area (Å²) < 4.78 is 0. The topological polar surface area (TPSA) is 3.24 Å². The fraction of sp³-hybridized carbons (Fsp3) is 0.625. The molecule has 1 aliphatic rings. The average molecular weight is 231 g/mol. The van der Waals surface area contributed by atoms with Gasteiger partial charge in [-0.2, -0.15) is 0 Å². The highest BCUT2D eigenvalue weighted by molar-refractivity contribution is 5.23. The lowest BCUT2D eigenvalue weighted by Gasteiger charge is -2.35. The summed E-state index contributed by atoms with van der Waals surface area (Å²) >= 11 is 0. The Morgan fingerprint density at radius 3 is 2.65 bits per heavy atom. The maximum atomic E-state index is 2.61. The maximum Gasteiger partial charge on any atom is 0.0233 e. The van der Waals surface area contributed by atoms with Crippen LogP contribution in [0, 0.1) is 11.8 Å². The molecule has 0 saturated carbocycles. The standard InChI is InChI=1S/C16H25N/c1-4-15-6-5-7-16(10-15)12-17-9-8-13(2)14(3)11-17/h5-7,10,13-14H,4,8-9,11-12H2,1-3H3. The summed E-state index contributed by atoms with van der Waals surface area (Å²) in [5.74, 6) is 1.74. The molecule has 0 aliphatic carbocycles. The van der Waals surface area contributed by atoms with Gasteiger partial charge in [0, 0.05) is 13.1 Å². The molecule has 0 bridgehead atoms. The second kappa shape index (κ2) is 5.68. The fourth-order valence-electron chi connectivity index (χ4n) is 2.70. The minimum Gasteiger partial charge on any atom is -0.299 e. The van der Waals surface area contributed by atoms with E-state index in [1.54, 1.807) is 0 Å². The molecular weight excluding hydrogens is 206 g/mol. The van der Waals surface area contributed by atoms with Crippen LogP contribution in [0.15, 0.2) is 24.3 Å². The van der Waals surface area contributed by atoms with Crippen LogP contribution in [0.25, 0.3) is 0 Å². The molecule has 0 radical (unpaired) electrons. The lowest BCUT2D eigenvalue weighted by molar-refractivity contribution is 0.132. The van der Waals surface area contributed by atoms with Gasteiger partial charge in [0.15, 0.2) is 0 Å². The van der Waals surface area contributed by atoms with Crippen LogP contribution < -0.4 is 0 Å². The van der Waals surface area contributed by atoms with Gasteiger partial charge in [-0.1, -0.05) is 45.0 Å². The molecule has 0 aromatic heterocycles. The van der Waals surface area contributed by atoms with E-state index in [4.69, 9.17) is 0 Å². The summed E-state index contributed by atoms with van der Waals surface area (Å²) in [5.41, 5.74) is 2.94. The Balaban J connectivity index is 1.96. The highest BCUT2D eigenvalue weighted by Crippen LogP contribution is 2.23. The molecule has 2 atom stereocenters. The summed E-state index contributed by atoms with van der Waals surface area (Å²) in [6.45, 7) is 10.7. The summed E-state index contributed by atoms with van der Waals surface area (Å²) in [6.07, 6.45) is 2.50. The molecule has 94 valence electrons. The molecule has 1 heteroatoms. The normalized spacial score (nSPS) is 26.1. The van der Waals surface area contributed by atoms with Crippen molar-refractivity contribution in [3.63, 3.8) is 0 Å². The van der Waals surface area contributed by atoms with Crippen molar-refractivity contribution >= 4 is 0 Å².